The molecule has 0 aliphatic heterocycles. The van der Waals surface area contributed by atoms with Crippen molar-refractivity contribution in [3.8, 4) is 0 Å². The van der Waals surface area contributed by atoms with E-state index < -0.39 is 0 Å². The Hall–Kier alpha value is -1.91. The largest absolute Gasteiger partial charge is 0.339 e. The first-order valence-corrected chi connectivity index (χ1v) is 6.84. The molecule has 2 heterocycles. The van der Waals surface area contributed by atoms with E-state index >= 15 is 0 Å². The Labute approximate surface area is 112 Å². The van der Waals surface area contributed by atoms with Crippen LogP contribution in [-0.4, -0.2) is 19.9 Å². The average molecular weight is 258 g/mol. The Morgan fingerprint density at radius 3 is 3.16 bits per heavy atom. The molecule has 0 bridgehead atoms. The highest BCUT2D eigenvalue weighted by atomic mass is 16.5. The maximum Gasteiger partial charge on any atom is 0.227 e. The molecule has 1 atom stereocenters. The van der Waals surface area contributed by atoms with E-state index in [4.69, 9.17) is 4.52 Å². The van der Waals surface area contributed by atoms with Crippen molar-refractivity contribution in [2.45, 2.75) is 39.2 Å². The number of allylic oxidation sites excluding steroid dienone is 2. The lowest BCUT2D eigenvalue weighted by atomic mass is 10.1. The van der Waals surface area contributed by atoms with E-state index in [0.29, 0.717) is 12.3 Å². The number of rotatable bonds is 5. The second-order valence-electron chi connectivity index (χ2n) is 4.91. The van der Waals surface area contributed by atoms with Gasteiger partial charge in [0.1, 0.15) is 0 Å². The van der Waals surface area contributed by atoms with Crippen LogP contribution in [0.5, 0.6) is 0 Å². The molecule has 5 heteroatoms. The lowest BCUT2D eigenvalue weighted by Gasteiger charge is -2.00. The minimum absolute atomic E-state index is 0.563. The fourth-order valence-corrected chi connectivity index (χ4v) is 2.37. The predicted molar refractivity (Wildman–Crippen MR) is 70.6 cm³/mol. The maximum atomic E-state index is 5.30. The van der Waals surface area contributed by atoms with E-state index in [2.05, 4.69) is 34.3 Å². The zero-order valence-corrected chi connectivity index (χ0v) is 11.1. The van der Waals surface area contributed by atoms with Crippen LogP contribution < -0.4 is 0 Å². The van der Waals surface area contributed by atoms with E-state index in [1.54, 1.807) is 0 Å². The highest BCUT2D eigenvalue weighted by Gasteiger charge is 2.15. The minimum Gasteiger partial charge on any atom is -0.339 e. The van der Waals surface area contributed by atoms with Gasteiger partial charge in [-0.2, -0.15) is 10.1 Å². The van der Waals surface area contributed by atoms with E-state index in [0.717, 1.165) is 30.4 Å². The summed E-state index contributed by atoms with van der Waals surface area (Å²) < 4.78 is 7.20. The molecule has 3 rings (SSSR count). The van der Waals surface area contributed by atoms with Gasteiger partial charge in [0.2, 0.25) is 5.89 Å². The van der Waals surface area contributed by atoms with Crippen molar-refractivity contribution in [1.82, 2.24) is 19.9 Å². The molecule has 0 saturated heterocycles. The van der Waals surface area contributed by atoms with Crippen LogP contribution in [-0.2, 0) is 19.4 Å². The first-order valence-electron chi connectivity index (χ1n) is 6.84. The summed E-state index contributed by atoms with van der Waals surface area (Å²) in [6, 6.07) is 2.00. The third-order valence-corrected chi connectivity index (χ3v) is 3.42. The molecule has 1 aliphatic carbocycles. The fraction of sp³-hybridized carbons (Fsp3) is 0.500. The van der Waals surface area contributed by atoms with Gasteiger partial charge in [-0.3, -0.25) is 4.68 Å². The summed E-state index contributed by atoms with van der Waals surface area (Å²) in [6.07, 6.45) is 10.3. The van der Waals surface area contributed by atoms with Gasteiger partial charge in [-0.05, 0) is 31.7 Å². The standard InChI is InChI=1S/C14H18N4O/c1-2-18-8-7-12(16-18)10-13-15-14(19-17-13)9-11-5-3-4-6-11/h3,5,7-8,11H,2,4,6,9-10H2,1H3. The van der Waals surface area contributed by atoms with Crippen molar-refractivity contribution in [3.63, 3.8) is 0 Å². The van der Waals surface area contributed by atoms with Crippen LogP contribution in [0.3, 0.4) is 0 Å². The van der Waals surface area contributed by atoms with Gasteiger partial charge in [-0.1, -0.05) is 17.3 Å². The highest BCUT2D eigenvalue weighted by Crippen LogP contribution is 2.20. The number of nitrogens with zero attached hydrogens (tertiary/aromatic N) is 4. The van der Waals surface area contributed by atoms with Gasteiger partial charge in [0, 0.05) is 19.2 Å². The van der Waals surface area contributed by atoms with Crippen LogP contribution in [0, 0.1) is 5.92 Å². The lowest BCUT2D eigenvalue weighted by molar-refractivity contribution is 0.360. The SMILES string of the molecule is CCn1ccc(Cc2noc(CC3C=CCC3)n2)n1. The van der Waals surface area contributed by atoms with Crippen LogP contribution >= 0.6 is 0 Å². The number of aromatic nitrogens is 4. The van der Waals surface area contributed by atoms with Gasteiger partial charge >= 0.3 is 0 Å². The van der Waals surface area contributed by atoms with Gasteiger partial charge in [0.25, 0.3) is 0 Å². The number of hydrogen-bond acceptors (Lipinski definition) is 4. The van der Waals surface area contributed by atoms with Crippen LogP contribution in [0.15, 0.2) is 28.9 Å². The molecule has 0 radical (unpaired) electrons. The Kier molecular flexibility index (Phi) is 3.44. The molecule has 1 aliphatic rings. The van der Waals surface area contributed by atoms with E-state index in [1.165, 1.54) is 12.8 Å². The molecular formula is C14H18N4O. The van der Waals surface area contributed by atoms with Crippen LogP contribution in [0.4, 0.5) is 0 Å². The summed E-state index contributed by atoms with van der Waals surface area (Å²) in [6.45, 7) is 2.95. The monoisotopic (exact) mass is 258 g/mol. The molecule has 0 N–H and O–H groups in total. The summed E-state index contributed by atoms with van der Waals surface area (Å²) >= 11 is 0. The van der Waals surface area contributed by atoms with Crippen molar-refractivity contribution in [1.29, 1.82) is 0 Å². The Morgan fingerprint density at radius 2 is 2.42 bits per heavy atom. The lowest BCUT2D eigenvalue weighted by Crippen LogP contribution is -1.99. The van der Waals surface area contributed by atoms with Crippen molar-refractivity contribution >= 4 is 0 Å². The normalized spacial score (nSPS) is 18.3. The third kappa shape index (κ3) is 2.92. The summed E-state index contributed by atoms with van der Waals surface area (Å²) in [4.78, 5) is 4.44. The highest BCUT2D eigenvalue weighted by molar-refractivity contribution is 5.07. The maximum absolute atomic E-state index is 5.30. The minimum atomic E-state index is 0.563. The van der Waals surface area contributed by atoms with Crippen molar-refractivity contribution < 1.29 is 4.52 Å². The van der Waals surface area contributed by atoms with Gasteiger partial charge in [-0.15, -0.1) is 0 Å². The second kappa shape index (κ2) is 5.38. The molecule has 0 fully saturated rings. The first-order chi connectivity index (χ1) is 9.33. The molecule has 0 amide bonds. The van der Waals surface area contributed by atoms with Gasteiger partial charge in [0.15, 0.2) is 5.82 Å². The van der Waals surface area contributed by atoms with Gasteiger partial charge < -0.3 is 4.52 Å². The molecule has 2 aromatic rings. The summed E-state index contributed by atoms with van der Waals surface area (Å²) in [5.74, 6) is 2.02. The molecule has 2 aromatic heterocycles. The number of hydrogen-bond donors (Lipinski definition) is 0. The van der Waals surface area contributed by atoms with Crippen LogP contribution in [0.25, 0.3) is 0 Å². The molecule has 0 aromatic carbocycles. The molecule has 0 spiro atoms. The van der Waals surface area contributed by atoms with Crippen molar-refractivity contribution in [2.75, 3.05) is 0 Å². The van der Waals surface area contributed by atoms with Crippen molar-refractivity contribution in [2.24, 2.45) is 5.92 Å². The third-order valence-electron chi connectivity index (χ3n) is 3.42. The first kappa shape index (κ1) is 12.1. The molecule has 100 valence electrons. The Balaban J connectivity index is 1.62. The molecule has 1 unspecified atom stereocenters. The van der Waals surface area contributed by atoms with E-state index in [9.17, 15) is 0 Å². The Bertz CT molecular complexity index is 570. The number of aryl methyl sites for hydroxylation is 1. The van der Waals surface area contributed by atoms with E-state index in [1.807, 2.05) is 16.9 Å². The van der Waals surface area contributed by atoms with E-state index in [-0.39, 0.29) is 0 Å². The molecule has 19 heavy (non-hydrogen) atoms. The predicted octanol–water partition coefficient (Wildman–Crippen LogP) is 2.39. The fourth-order valence-electron chi connectivity index (χ4n) is 2.37. The second-order valence-corrected chi connectivity index (χ2v) is 4.91. The zero-order valence-electron chi connectivity index (χ0n) is 11.1. The summed E-state index contributed by atoms with van der Waals surface area (Å²) in [7, 11) is 0. The Morgan fingerprint density at radius 1 is 1.47 bits per heavy atom. The molecular weight excluding hydrogens is 240 g/mol. The smallest absolute Gasteiger partial charge is 0.227 e. The topological polar surface area (TPSA) is 56.7 Å². The summed E-state index contributed by atoms with van der Waals surface area (Å²) in [5.41, 5.74) is 0.981. The zero-order chi connectivity index (χ0) is 13.1. The molecule has 5 nitrogen and oxygen atoms in total. The average Bonchev–Trinajstić information content (AvgIpc) is 3.13. The van der Waals surface area contributed by atoms with Gasteiger partial charge in [-0.25, -0.2) is 0 Å². The van der Waals surface area contributed by atoms with Gasteiger partial charge in [0.05, 0.1) is 12.1 Å². The molecule has 0 saturated carbocycles. The summed E-state index contributed by atoms with van der Waals surface area (Å²) in [5, 5.41) is 8.45. The van der Waals surface area contributed by atoms with Crippen molar-refractivity contribution in [3.05, 3.63) is 41.8 Å². The quantitative estimate of drug-likeness (QED) is 0.773. The van der Waals surface area contributed by atoms with Crippen LogP contribution in [0.1, 0.15) is 37.2 Å². The van der Waals surface area contributed by atoms with Crippen LogP contribution in [0.2, 0.25) is 0 Å².